The SMILES string of the molecule is Cl.O=C(CC1CCCCC1)N1CCC2CNCC2C1. The fourth-order valence-electron chi connectivity index (χ4n) is 4.03. The van der Waals surface area contributed by atoms with E-state index in [-0.39, 0.29) is 12.4 Å². The standard InChI is InChI=1S/C15H26N2O.ClH/c18-15(8-12-4-2-1-3-5-12)17-7-6-13-9-16-10-14(13)11-17;/h12-14,16H,1-11H2;1H. The first kappa shape index (κ1) is 15.1. The second kappa shape index (κ2) is 6.94. The Bertz CT molecular complexity index is 305. The molecule has 2 aliphatic heterocycles. The van der Waals surface area contributed by atoms with Gasteiger partial charge >= 0.3 is 0 Å². The lowest BCUT2D eigenvalue weighted by atomic mass is 9.85. The number of nitrogens with one attached hydrogen (secondary N) is 1. The predicted molar refractivity (Wildman–Crippen MR) is 79.5 cm³/mol. The van der Waals surface area contributed by atoms with Gasteiger partial charge in [0.1, 0.15) is 0 Å². The van der Waals surface area contributed by atoms with Crippen molar-refractivity contribution < 1.29 is 4.79 Å². The van der Waals surface area contributed by atoms with E-state index in [4.69, 9.17) is 0 Å². The van der Waals surface area contributed by atoms with Crippen LogP contribution in [0.3, 0.4) is 0 Å². The van der Waals surface area contributed by atoms with E-state index >= 15 is 0 Å². The molecule has 19 heavy (non-hydrogen) atoms. The van der Waals surface area contributed by atoms with E-state index in [1.54, 1.807) is 0 Å². The number of rotatable bonds is 2. The fraction of sp³-hybridized carbons (Fsp3) is 0.933. The molecule has 2 heterocycles. The van der Waals surface area contributed by atoms with Crippen LogP contribution in [0.5, 0.6) is 0 Å². The summed E-state index contributed by atoms with van der Waals surface area (Å²) >= 11 is 0. The van der Waals surface area contributed by atoms with Crippen LogP contribution in [0.4, 0.5) is 0 Å². The molecule has 4 heteroatoms. The van der Waals surface area contributed by atoms with Crippen LogP contribution in [0.15, 0.2) is 0 Å². The highest BCUT2D eigenvalue weighted by Gasteiger charge is 2.34. The highest BCUT2D eigenvalue weighted by atomic mass is 35.5. The number of carbonyl (C=O) groups is 1. The van der Waals surface area contributed by atoms with Crippen molar-refractivity contribution in [2.24, 2.45) is 17.8 Å². The first-order chi connectivity index (χ1) is 8.83. The molecule has 0 spiro atoms. The van der Waals surface area contributed by atoms with E-state index < -0.39 is 0 Å². The van der Waals surface area contributed by atoms with Crippen molar-refractivity contribution >= 4 is 18.3 Å². The van der Waals surface area contributed by atoms with Crippen LogP contribution in [0.25, 0.3) is 0 Å². The monoisotopic (exact) mass is 286 g/mol. The largest absolute Gasteiger partial charge is 0.342 e. The third-order valence-electron chi connectivity index (χ3n) is 5.25. The second-order valence-electron chi connectivity index (χ2n) is 6.51. The Labute approximate surface area is 122 Å². The van der Waals surface area contributed by atoms with Gasteiger partial charge in [-0.15, -0.1) is 12.4 Å². The van der Waals surface area contributed by atoms with E-state index in [9.17, 15) is 4.79 Å². The molecule has 2 saturated heterocycles. The number of fused-ring (bicyclic) bond motifs is 1. The van der Waals surface area contributed by atoms with Gasteiger partial charge in [-0.1, -0.05) is 19.3 Å². The van der Waals surface area contributed by atoms with Gasteiger partial charge in [-0.2, -0.15) is 0 Å². The zero-order valence-corrected chi connectivity index (χ0v) is 12.6. The van der Waals surface area contributed by atoms with Crippen LogP contribution >= 0.6 is 12.4 Å². The first-order valence-corrected chi connectivity index (χ1v) is 7.81. The maximum atomic E-state index is 12.4. The zero-order valence-electron chi connectivity index (χ0n) is 11.8. The van der Waals surface area contributed by atoms with Crippen molar-refractivity contribution in [2.75, 3.05) is 26.2 Å². The molecule has 2 atom stereocenters. The lowest BCUT2D eigenvalue weighted by Gasteiger charge is -2.35. The van der Waals surface area contributed by atoms with Crippen LogP contribution in [0, 0.1) is 17.8 Å². The summed E-state index contributed by atoms with van der Waals surface area (Å²) in [6.07, 6.45) is 8.67. The van der Waals surface area contributed by atoms with E-state index in [2.05, 4.69) is 10.2 Å². The van der Waals surface area contributed by atoms with Crippen molar-refractivity contribution in [3.05, 3.63) is 0 Å². The summed E-state index contributed by atoms with van der Waals surface area (Å²) in [5.41, 5.74) is 0. The Morgan fingerprint density at radius 1 is 1.05 bits per heavy atom. The third-order valence-corrected chi connectivity index (χ3v) is 5.25. The highest BCUT2D eigenvalue weighted by Crippen LogP contribution is 2.30. The van der Waals surface area contributed by atoms with Crippen molar-refractivity contribution in [2.45, 2.75) is 44.9 Å². The van der Waals surface area contributed by atoms with E-state index in [0.29, 0.717) is 11.8 Å². The topological polar surface area (TPSA) is 32.3 Å². The van der Waals surface area contributed by atoms with Crippen LogP contribution in [0.1, 0.15) is 44.9 Å². The molecular weight excluding hydrogens is 260 g/mol. The Kier molecular flexibility index (Phi) is 5.52. The van der Waals surface area contributed by atoms with Crippen LogP contribution < -0.4 is 5.32 Å². The maximum absolute atomic E-state index is 12.4. The molecule has 0 radical (unpaired) electrons. The van der Waals surface area contributed by atoms with Crippen molar-refractivity contribution in [1.82, 2.24) is 10.2 Å². The maximum Gasteiger partial charge on any atom is 0.222 e. The Morgan fingerprint density at radius 2 is 1.79 bits per heavy atom. The summed E-state index contributed by atoms with van der Waals surface area (Å²) in [6.45, 7) is 4.32. The van der Waals surface area contributed by atoms with Gasteiger partial charge in [0.25, 0.3) is 0 Å². The van der Waals surface area contributed by atoms with Gasteiger partial charge in [0, 0.05) is 19.5 Å². The Balaban J connectivity index is 0.00000133. The number of hydrogen-bond donors (Lipinski definition) is 1. The molecule has 0 aromatic heterocycles. The average Bonchev–Trinajstić information content (AvgIpc) is 2.87. The van der Waals surface area contributed by atoms with E-state index in [1.165, 1.54) is 45.1 Å². The minimum atomic E-state index is 0. The number of halogens is 1. The molecule has 0 aromatic rings. The van der Waals surface area contributed by atoms with Gasteiger partial charge in [0.15, 0.2) is 0 Å². The Morgan fingerprint density at radius 3 is 2.58 bits per heavy atom. The lowest BCUT2D eigenvalue weighted by Crippen LogP contribution is -2.44. The van der Waals surface area contributed by atoms with Gasteiger partial charge in [-0.3, -0.25) is 4.79 Å². The molecule has 1 aliphatic carbocycles. The smallest absolute Gasteiger partial charge is 0.222 e. The van der Waals surface area contributed by atoms with Gasteiger partial charge in [0.05, 0.1) is 0 Å². The summed E-state index contributed by atoms with van der Waals surface area (Å²) < 4.78 is 0. The fourth-order valence-corrected chi connectivity index (χ4v) is 4.03. The summed E-state index contributed by atoms with van der Waals surface area (Å²) in [5.74, 6) is 2.69. The zero-order chi connectivity index (χ0) is 12.4. The van der Waals surface area contributed by atoms with Crippen molar-refractivity contribution in [3.8, 4) is 0 Å². The second-order valence-corrected chi connectivity index (χ2v) is 6.51. The molecule has 2 unspecified atom stereocenters. The molecule has 110 valence electrons. The Hall–Kier alpha value is -0.280. The van der Waals surface area contributed by atoms with Crippen molar-refractivity contribution in [3.63, 3.8) is 0 Å². The molecule has 3 fully saturated rings. The first-order valence-electron chi connectivity index (χ1n) is 7.81. The molecule has 1 N–H and O–H groups in total. The molecule has 3 rings (SSSR count). The summed E-state index contributed by atoms with van der Waals surface area (Å²) in [6, 6.07) is 0. The summed E-state index contributed by atoms with van der Waals surface area (Å²) in [4.78, 5) is 14.5. The number of likely N-dealkylation sites (tertiary alicyclic amines) is 1. The molecule has 1 amide bonds. The molecule has 0 aromatic carbocycles. The summed E-state index contributed by atoms with van der Waals surface area (Å²) in [5, 5.41) is 3.47. The molecule has 0 bridgehead atoms. The van der Waals surface area contributed by atoms with Crippen LogP contribution in [-0.4, -0.2) is 37.0 Å². The van der Waals surface area contributed by atoms with Gasteiger partial charge in [-0.25, -0.2) is 0 Å². The lowest BCUT2D eigenvalue weighted by molar-refractivity contribution is -0.134. The third kappa shape index (κ3) is 3.63. The summed E-state index contributed by atoms with van der Waals surface area (Å²) in [7, 11) is 0. The number of amides is 1. The minimum Gasteiger partial charge on any atom is -0.342 e. The molecule has 3 nitrogen and oxygen atoms in total. The van der Waals surface area contributed by atoms with Crippen molar-refractivity contribution in [1.29, 1.82) is 0 Å². The number of nitrogens with zero attached hydrogens (tertiary/aromatic N) is 1. The number of hydrogen-bond acceptors (Lipinski definition) is 2. The highest BCUT2D eigenvalue weighted by molar-refractivity contribution is 5.85. The number of carbonyl (C=O) groups excluding carboxylic acids is 1. The minimum absolute atomic E-state index is 0. The predicted octanol–water partition coefficient (Wildman–Crippen LogP) is 2.45. The molecular formula is C15H27ClN2O. The normalized spacial score (nSPS) is 31.7. The van der Waals surface area contributed by atoms with Gasteiger partial charge in [-0.05, 0) is 50.1 Å². The average molecular weight is 287 g/mol. The van der Waals surface area contributed by atoms with Crippen LogP contribution in [-0.2, 0) is 4.79 Å². The quantitative estimate of drug-likeness (QED) is 0.846. The van der Waals surface area contributed by atoms with Gasteiger partial charge < -0.3 is 10.2 Å². The van der Waals surface area contributed by atoms with E-state index in [1.807, 2.05) is 0 Å². The molecule has 3 aliphatic rings. The van der Waals surface area contributed by atoms with E-state index in [0.717, 1.165) is 37.9 Å². The van der Waals surface area contributed by atoms with Gasteiger partial charge in [0.2, 0.25) is 5.91 Å². The number of piperidine rings is 1. The van der Waals surface area contributed by atoms with Crippen LogP contribution in [0.2, 0.25) is 0 Å². The molecule has 1 saturated carbocycles.